The second kappa shape index (κ2) is 5.01. The zero-order valence-corrected chi connectivity index (χ0v) is 11.4. The summed E-state index contributed by atoms with van der Waals surface area (Å²) in [5.74, 6) is -0.811. The van der Waals surface area contributed by atoms with Gasteiger partial charge in [0.25, 0.3) is 5.91 Å². The molecule has 5 heteroatoms. The highest BCUT2D eigenvalue weighted by Gasteiger charge is 2.24. The van der Waals surface area contributed by atoms with Gasteiger partial charge in [0, 0.05) is 24.0 Å². The first kappa shape index (κ1) is 13.3. The maximum Gasteiger partial charge on any atom is 0.255 e. The number of halogens is 1. The number of hydrogen-bond acceptors (Lipinski definition) is 2. The summed E-state index contributed by atoms with van der Waals surface area (Å²) in [6, 6.07) is 10.8. The van der Waals surface area contributed by atoms with E-state index in [2.05, 4.69) is 5.32 Å². The van der Waals surface area contributed by atoms with Crippen molar-refractivity contribution in [2.75, 3.05) is 17.3 Å². The first-order valence-corrected chi connectivity index (χ1v) is 6.51. The average Bonchev–Trinajstić information content (AvgIpc) is 2.73. The lowest BCUT2D eigenvalue weighted by atomic mass is 10.1. The van der Waals surface area contributed by atoms with Crippen molar-refractivity contribution >= 4 is 23.2 Å². The van der Waals surface area contributed by atoms with Crippen LogP contribution in [0.2, 0.25) is 0 Å². The summed E-state index contributed by atoms with van der Waals surface area (Å²) in [5.41, 5.74) is 2.57. The van der Waals surface area contributed by atoms with Gasteiger partial charge in [-0.25, -0.2) is 4.39 Å². The lowest BCUT2D eigenvalue weighted by Gasteiger charge is -2.11. The van der Waals surface area contributed by atoms with Gasteiger partial charge in [0.1, 0.15) is 5.82 Å². The highest BCUT2D eigenvalue weighted by Crippen LogP contribution is 2.30. The summed E-state index contributed by atoms with van der Waals surface area (Å²) in [6.07, 6.45) is 0.329. The van der Waals surface area contributed by atoms with Crippen LogP contribution in [0.1, 0.15) is 15.9 Å². The van der Waals surface area contributed by atoms with Crippen LogP contribution in [0.15, 0.2) is 42.5 Å². The number of anilines is 2. The topological polar surface area (TPSA) is 49.4 Å². The van der Waals surface area contributed by atoms with Crippen LogP contribution in [0, 0.1) is 5.82 Å². The molecule has 2 aromatic carbocycles. The molecule has 0 aliphatic carbocycles. The third kappa shape index (κ3) is 2.50. The number of likely N-dealkylation sites (N-methyl/N-ethyl adjacent to an activating group) is 1. The molecule has 1 heterocycles. The minimum atomic E-state index is -0.455. The van der Waals surface area contributed by atoms with Crippen molar-refractivity contribution in [1.82, 2.24) is 0 Å². The van der Waals surface area contributed by atoms with Crippen LogP contribution in [0.3, 0.4) is 0 Å². The predicted octanol–water partition coefficient (Wildman–Crippen LogP) is 2.60. The molecule has 0 aromatic heterocycles. The first-order chi connectivity index (χ1) is 10.0. The molecule has 1 N–H and O–H groups in total. The van der Waals surface area contributed by atoms with Gasteiger partial charge in [-0.05, 0) is 42.0 Å². The van der Waals surface area contributed by atoms with Gasteiger partial charge in [0.15, 0.2) is 0 Å². The quantitative estimate of drug-likeness (QED) is 0.921. The highest BCUT2D eigenvalue weighted by molar-refractivity contribution is 6.05. The van der Waals surface area contributed by atoms with Crippen molar-refractivity contribution in [3.63, 3.8) is 0 Å². The summed E-state index contributed by atoms with van der Waals surface area (Å²) >= 11 is 0. The molecule has 0 spiro atoms. The van der Waals surface area contributed by atoms with E-state index < -0.39 is 5.82 Å². The predicted molar refractivity (Wildman–Crippen MR) is 77.9 cm³/mol. The van der Waals surface area contributed by atoms with E-state index in [4.69, 9.17) is 0 Å². The Morgan fingerprint density at radius 1 is 1.24 bits per heavy atom. The van der Waals surface area contributed by atoms with Crippen molar-refractivity contribution < 1.29 is 14.0 Å². The van der Waals surface area contributed by atoms with Crippen molar-refractivity contribution in [1.29, 1.82) is 0 Å². The molecular weight excluding hydrogens is 271 g/mol. The molecule has 0 saturated heterocycles. The molecule has 2 aromatic rings. The minimum Gasteiger partial charge on any atom is -0.322 e. The Bertz CT molecular complexity index is 743. The smallest absolute Gasteiger partial charge is 0.255 e. The fourth-order valence-electron chi connectivity index (χ4n) is 2.38. The Kier molecular flexibility index (Phi) is 3.17. The van der Waals surface area contributed by atoms with Gasteiger partial charge < -0.3 is 10.2 Å². The molecular formula is C16H13FN2O2. The number of benzene rings is 2. The van der Waals surface area contributed by atoms with E-state index in [9.17, 15) is 14.0 Å². The summed E-state index contributed by atoms with van der Waals surface area (Å²) in [7, 11) is 1.72. The number of nitrogens with zero attached hydrogens (tertiary/aromatic N) is 1. The van der Waals surface area contributed by atoms with Gasteiger partial charge in [-0.3, -0.25) is 9.59 Å². The summed E-state index contributed by atoms with van der Waals surface area (Å²) in [5, 5.41) is 2.71. The molecule has 4 nitrogen and oxygen atoms in total. The zero-order chi connectivity index (χ0) is 15.0. The zero-order valence-electron chi connectivity index (χ0n) is 11.4. The van der Waals surface area contributed by atoms with Crippen LogP contribution in [0.5, 0.6) is 0 Å². The maximum atomic E-state index is 13.1. The Morgan fingerprint density at radius 2 is 2.05 bits per heavy atom. The number of carbonyl (C=O) groups excluding carboxylic acids is 2. The summed E-state index contributed by atoms with van der Waals surface area (Å²) in [6.45, 7) is 0. The number of carbonyl (C=O) groups is 2. The van der Waals surface area contributed by atoms with Gasteiger partial charge in [-0.15, -0.1) is 0 Å². The average molecular weight is 284 g/mol. The Balaban J connectivity index is 1.82. The lowest BCUT2D eigenvalue weighted by Crippen LogP contribution is -2.20. The van der Waals surface area contributed by atoms with Gasteiger partial charge in [-0.1, -0.05) is 6.07 Å². The Labute approximate surface area is 121 Å². The number of hydrogen-bond donors (Lipinski definition) is 1. The van der Waals surface area contributed by atoms with E-state index in [0.29, 0.717) is 12.1 Å². The van der Waals surface area contributed by atoms with Crippen molar-refractivity contribution in [3.05, 3.63) is 59.4 Å². The van der Waals surface area contributed by atoms with E-state index >= 15 is 0 Å². The second-order valence-electron chi connectivity index (χ2n) is 4.94. The summed E-state index contributed by atoms with van der Waals surface area (Å²) < 4.78 is 13.1. The first-order valence-electron chi connectivity index (χ1n) is 6.51. The third-order valence-corrected chi connectivity index (χ3v) is 3.50. The van der Waals surface area contributed by atoms with Crippen LogP contribution in [0.25, 0.3) is 0 Å². The third-order valence-electron chi connectivity index (χ3n) is 3.50. The van der Waals surface area contributed by atoms with Crippen LogP contribution >= 0.6 is 0 Å². The number of amides is 2. The summed E-state index contributed by atoms with van der Waals surface area (Å²) in [4.78, 5) is 25.3. The highest BCUT2D eigenvalue weighted by atomic mass is 19.1. The molecule has 106 valence electrons. The number of nitrogens with one attached hydrogen (secondary N) is 1. The van der Waals surface area contributed by atoms with Crippen LogP contribution in [0.4, 0.5) is 15.8 Å². The standard InChI is InChI=1S/C16H13FN2O2/c1-19-14-6-5-13(8-11(14)9-15(19)20)18-16(21)10-3-2-4-12(17)7-10/h2-8H,9H2,1H3,(H,18,21). The molecule has 0 radical (unpaired) electrons. The van der Waals surface area contributed by atoms with Crippen LogP contribution in [-0.2, 0) is 11.2 Å². The SMILES string of the molecule is CN1C(=O)Cc2cc(NC(=O)c3cccc(F)c3)ccc21. The molecule has 0 saturated carbocycles. The number of fused-ring (bicyclic) bond motifs is 1. The van der Waals surface area contributed by atoms with E-state index in [1.807, 2.05) is 0 Å². The van der Waals surface area contributed by atoms with Gasteiger partial charge >= 0.3 is 0 Å². The number of rotatable bonds is 2. The molecule has 1 aliphatic rings. The molecule has 1 aliphatic heterocycles. The Hall–Kier alpha value is -2.69. The van der Waals surface area contributed by atoms with Crippen molar-refractivity contribution in [2.45, 2.75) is 6.42 Å². The normalized spacial score (nSPS) is 13.2. The van der Waals surface area contributed by atoms with Crippen LogP contribution < -0.4 is 10.2 Å². The Morgan fingerprint density at radius 3 is 2.81 bits per heavy atom. The molecule has 0 fully saturated rings. The van der Waals surface area contributed by atoms with E-state index in [1.54, 1.807) is 36.2 Å². The van der Waals surface area contributed by atoms with E-state index in [1.165, 1.54) is 18.2 Å². The molecule has 0 atom stereocenters. The van der Waals surface area contributed by atoms with Gasteiger partial charge in [0.05, 0.1) is 6.42 Å². The second-order valence-corrected chi connectivity index (χ2v) is 4.94. The molecule has 0 unspecified atom stereocenters. The largest absolute Gasteiger partial charge is 0.322 e. The van der Waals surface area contributed by atoms with Crippen molar-refractivity contribution in [2.24, 2.45) is 0 Å². The van der Waals surface area contributed by atoms with Crippen molar-refractivity contribution in [3.8, 4) is 0 Å². The minimum absolute atomic E-state index is 0.0265. The monoisotopic (exact) mass is 284 g/mol. The lowest BCUT2D eigenvalue weighted by molar-refractivity contribution is -0.117. The molecule has 2 amide bonds. The van der Waals surface area contributed by atoms with Gasteiger partial charge in [0.2, 0.25) is 5.91 Å². The maximum absolute atomic E-state index is 13.1. The fourth-order valence-corrected chi connectivity index (χ4v) is 2.38. The fraction of sp³-hybridized carbons (Fsp3) is 0.125. The van der Waals surface area contributed by atoms with Gasteiger partial charge in [-0.2, -0.15) is 0 Å². The van der Waals surface area contributed by atoms with E-state index in [-0.39, 0.29) is 17.4 Å². The molecule has 0 bridgehead atoms. The molecule has 3 rings (SSSR count). The molecule has 21 heavy (non-hydrogen) atoms. The van der Waals surface area contributed by atoms with E-state index in [0.717, 1.165) is 11.3 Å². The van der Waals surface area contributed by atoms with Crippen LogP contribution in [-0.4, -0.2) is 18.9 Å².